The van der Waals surface area contributed by atoms with E-state index in [1.165, 1.54) is 11.6 Å². The fourth-order valence-corrected chi connectivity index (χ4v) is 3.18. The van der Waals surface area contributed by atoms with Gasteiger partial charge in [-0.25, -0.2) is 0 Å². The minimum Gasteiger partial charge on any atom is -0.393 e. The smallest absolute Gasteiger partial charge is 0.292 e. The van der Waals surface area contributed by atoms with Crippen LogP contribution in [0.2, 0.25) is 0 Å². The van der Waals surface area contributed by atoms with Gasteiger partial charge in [0.05, 0.1) is 8.71 Å². The summed E-state index contributed by atoms with van der Waals surface area (Å²) < 4.78 is 1.09. The highest BCUT2D eigenvalue weighted by molar-refractivity contribution is 9.11. The summed E-state index contributed by atoms with van der Waals surface area (Å²) in [6, 6.07) is 6.98. The third-order valence-electron chi connectivity index (χ3n) is 2.88. The molecule has 0 radical (unpaired) electrons. The first-order valence-electron chi connectivity index (χ1n) is 5.90. The van der Waals surface area contributed by atoms with E-state index in [1.54, 1.807) is 17.4 Å². The van der Waals surface area contributed by atoms with Crippen molar-refractivity contribution >= 4 is 38.6 Å². The van der Waals surface area contributed by atoms with Crippen LogP contribution in [0.25, 0.3) is 0 Å². The largest absolute Gasteiger partial charge is 0.393 e. The molecule has 0 aliphatic rings. The van der Waals surface area contributed by atoms with Crippen molar-refractivity contribution in [2.24, 2.45) is 0 Å². The second-order valence-electron chi connectivity index (χ2n) is 4.54. The quantitative estimate of drug-likeness (QED) is 0.504. The van der Waals surface area contributed by atoms with E-state index >= 15 is 0 Å². The Kier molecular flexibility index (Phi) is 4.74. The molecule has 0 fully saturated rings. The minimum atomic E-state index is -0.450. The molecular weight excluding hydrogens is 342 g/mol. The van der Waals surface area contributed by atoms with Crippen molar-refractivity contribution in [1.82, 2.24) is 4.90 Å². The standard InChI is InChI=1S/C13H14BrN3O2S/c1-16(6-9-5-12(14)20-8-9)7-10-3-2-4-11(13(10)15)17(18)19/h2-5,8H,6-7,15H2,1H3. The predicted octanol–water partition coefficient (Wildman–Crippen LogP) is 3.63. The van der Waals surface area contributed by atoms with Gasteiger partial charge in [0.15, 0.2) is 0 Å². The van der Waals surface area contributed by atoms with Gasteiger partial charge >= 0.3 is 0 Å². The molecule has 2 rings (SSSR count). The van der Waals surface area contributed by atoms with Gasteiger partial charge in [-0.3, -0.25) is 15.0 Å². The molecule has 0 unspecified atom stereocenters. The molecule has 1 heterocycles. The lowest BCUT2D eigenvalue weighted by Crippen LogP contribution is -2.18. The van der Waals surface area contributed by atoms with Crippen molar-refractivity contribution < 1.29 is 4.92 Å². The lowest BCUT2D eigenvalue weighted by molar-refractivity contribution is -0.384. The molecule has 2 aromatic rings. The van der Waals surface area contributed by atoms with Crippen LogP contribution >= 0.6 is 27.3 Å². The number of halogens is 1. The molecule has 20 heavy (non-hydrogen) atoms. The minimum absolute atomic E-state index is 0.0332. The summed E-state index contributed by atoms with van der Waals surface area (Å²) in [5.74, 6) is 0. The highest BCUT2D eigenvalue weighted by Gasteiger charge is 2.15. The van der Waals surface area contributed by atoms with Gasteiger partial charge in [0.1, 0.15) is 5.69 Å². The molecule has 7 heteroatoms. The molecular formula is C13H14BrN3O2S. The summed E-state index contributed by atoms with van der Waals surface area (Å²) in [5.41, 5.74) is 8.05. The Morgan fingerprint density at radius 2 is 2.20 bits per heavy atom. The number of nitrogens with zero attached hydrogens (tertiary/aromatic N) is 2. The van der Waals surface area contributed by atoms with Gasteiger partial charge in [-0.2, -0.15) is 0 Å². The average Bonchev–Trinajstić information content (AvgIpc) is 2.77. The monoisotopic (exact) mass is 355 g/mol. The Morgan fingerprint density at radius 1 is 1.45 bits per heavy atom. The number of nitro groups is 1. The fourth-order valence-electron chi connectivity index (χ4n) is 1.98. The molecule has 106 valence electrons. The Morgan fingerprint density at radius 3 is 2.80 bits per heavy atom. The SMILES string of the molecule is CN(Cc1csc(Br)c1)Cc1cccc([N+](=O)[O-])c1N. The number of nitrogen functional groups attached to an aromatic ring is 1. The summed E-state index contributed by atoms with van der Waals surface area (Å²) in [6.07, 6.45) is 0. The molecule has 0 atom stereocenters. The molecule has 0 saturated carbocycles. The van der Waals surface area contributed by atoms with E-state index in [-0.39, 0.29) is 11.4 Å². The van der Waals surface area contributed by atoms with Crippen LogP contribution in [0.1, 0.15) is 11.1 Å². The van der Waals surface area contributed by atoms with Crippen LogP contribution in [-0.2, 0) is 13.1 Å². The number of nitrogens with two attached hydrogens (primary N) is 1. The van der Waals surface area contributed by atoms with E-state index in [0.29, 0.717) is 6.54 Å². The van der Waals surface area contributed by atoms with Crippen molar-refractivity contribution in [2.45, 2.75) is 13.1 Å². The van der Waals surface area contributed by atoms with Crippen LogP contribution in [-0.4, -0.2) is 16.9 Å². The molecule has 1 aromatic heterocycles. The van der Waals surface area contributed by atoms with E-state index in [2.05, 4.69) is 32.3 Å². The van der Waals surface area contributed by atoms with Crippen LogP contribution in [0.3, 0.4) is 0 Å². The Balaban J connectivity index is 2.09. The summed E-state index contributed by atoms with van der Waals surface area (Å²) in [4.78, 5) is 12.5. The molecule has 0 spiro atoms. The van der Waals surface area contributed by atoms with Crippen LogP contribution < -0.4 is 5.73 Å². The van der Waals surface area contributed by atoms with Gasteiger partial charge in [-0.1, -0.05) is 12.1 Å². The first-order chi connectivity index (χ1) is 9.47. The van der Waals surface area contributed by atoms with E-state index < -0.39 is 4.92 Å². The lowest BCUT2D eigenvalue weighted by Gasteiger charge is -2.17. The zero-order valence-corrected chi connectivity index (χ0v) is 13.3. The predicted molar refractivity (Wildman–Crippen MR) is 84.7 cm³/mol. The maximum Gasteiger partial charge on any atom is 0.292 e. The van der Waals surface area contributed by atoms with Crippen molar-refractivity contribution in [3.8, 4) is 0 Å². The van der Waals surface area contributed by atoms with Gasteiger partial charge in [-0.15, -0.1) is 11.3 Å². The second-order valence-corrected chi connectivity index (χ2v) is 6.83. The molecule has 2 N–H and O–H groups in total. The molecule has 0 aliphatic carbocycles. The van der Waals surface area contributed by atoms with Crippen LogP contribution in [0.15, 0.2) is 33.4 Å². The number of thiophene rings is 1. The Bertz CT molecular complexity index is 630. The summed E-state index contributed by atoms with van der Waals surface area (Å²) >= 11 is 5.07. The van der Waals surface area contributed by atoms with Crippen LogP contribution in [0.5, 0.6) is 0 Å². The lowest BCUT2D eigenvalue weighted by atomic mass is 10.1. The van der Waals surface area contributed by atoms with Crippen molar-refractivity contribution in [3.05, 3.63) is 54.7 Å². The summed E-state index contributed by atoms with van der Waals surface area (Å²) in [7, 11) is 1.96. The number of para-hydroxylation sites is 1. The van der Waals surface area contributed by atoms with Crippen LogP contribution in [0, 0.1) is 10.1 Å². The van der Waals surface area contributed by atoms with Crippen LogP contribution in [0.4, 0.5) is 11.4 Å². The van der Waals surface area contributed by atoms with Gasteiger partial charge in [0.2, 0.25) is 0 Å². The molecule has 0 aliphatic heterocycles. The maximum absolute atomic E-state index is 10.9. The summed E-state index contributed by atoms with van der Waals surface area (Å²) in [6.45, 7) is 1.34. The van der Waals surface area contributed by atoms with E-state index in [1.807, 2.05) is 13.1 Å². The van der Waals surface area contributed by atoms with Gasteiger partial charge in [-0.05, 0) is 45.6 Å². The number of hydrogen-bond donors (Lipinski definition) is 1. The zero-order chi connectivity index (χ0) is 14.7. The number of anilines is 1. The highest BCUT2D eigenvalue weighted by atomic mass is 79.9. The summed E-state index contributed by atoms with van der Waals surface area (Å²) in [5, 5.41) is 12.9. The number of rotatable bonds is 5. The Hall–Kier alpha value is -1.44. The highest BCUT2D eigenvalue weighted by Crippen LogP contribution is 2.26. The average molecular weight is 356 g/mol. The third-order valence-corrected chi connectivity index (χ3v) is 4.44. The van der Waals surface area contributed by atoms with E-state index in [9.17, 15) is 10.1 Å². The topological polar surface area (TPSA) is 72.4 Å². The first kappa shape index (κ1) is 15.0. The normalized spacial score (nSPS) is 10.9. The van der Waals surface area contributed by atoms with Gasteiger partial charge < -0.3 is 5.73 Å². The van der Waals surface area contributed by atoms with E-state index in [0.717, 1.165) is 15.9 Å². The van der Waals surface area contributed by atoms with Gasteiger partial charge in [0, 0.05) is 19.2 Å². The maximum atomic E-state index is 10.9. The zero-order valence-electron chi connectivity index (χ0n) is 10.9. The first-order valence-corrected chi connectivity index (χ1v) is 7.58. The fraction of sp³-hybridized carbons (Fsp3) is 0.231. The van der Waals surface area contributed by atoms with Crippen molar-refractivity contribution in [3.63, 3.8) is 0 Å². The molecule has 0 bridgehead atoms. The second kappa shape index (κ2) is 6.34. The molecule has 5 nitrogen and oxygen atoms in total. The van der Waals surface area contributed by atoms with Crippen molar-refractivity contribution in [1.29, 1.82) is 0 Å². The van der Waals surface area contributed by atoms with Crippen molar-refractivity contribution in [2.75, 3.05) is 12.8 Å². The van der Waals surface area contributed by atoms with E-state index in [4.69, 9.17) is 5.73 Å². The number of hydrogen-bond acceptors (Lipinski definition) is 5. The Labute approximate surface area is 129 Å². The third kappa shape index (κ3) is 3.56. The molecule has 0 saturated heterocycles. The number of nitro benzene ring substituents is 1. The number of benzene rings is 1. The molecule has 1 aromatic carbocycles. The van der Waals surface area contributed by atoms with Gasteiger partial charge in [0.25, 0.3) is 5.69 Å². The molecule has 0 amide bonds.